The van der Waals surface area contributed by atoms with Crippen LogP contribution in [0.25, 0.3) is 0 Å². The molecule has 0 saturated carbocycles. The summed E-state index contributed by atoms with van der Waals surface area (Å²) < 4.78 is 4.41. The average molecular weight is 172 g/mol. The molecule has 0 fully saturated rings. The second-order valence-electron chi connectivity index (χ2n) is 3.21. The number of ketones is 1. The zero-order valence-electron chi connectivity index (χ0n) is 7.92. The standard InChI is InChI=1S/C9H16O3/c1-7(2)6-8(10)4-5-9(11)12-3/h7H,4-6H2,1-3H3. The SMILES string of the molecule is COC(=O)CCC(=O)CC(C)C. The molecule has 3 nitrogen and oxygen atoms in total. The van der Waals surface area contributed by atoms with Crippen LogP contribution in [0.15, 0.2) is 0 Å². The van der Waals surface area contributed by atoms with E-state index in [1.807, 2.05) is 13.8 Å². The number of esters is 1. The highest BCUT2D eigenvalue weighted by molar-refractivity contribution is 5.82. The van der Waals surface area contributed by atoms with Gasteiger partial charge in [-0.3, -0.25) is 9.59 Å². The zero-order valence-corrected chi connectivity index (χ0v) is 7.92. The Bertz CT molecular complexity index is 161. The predicted octanol–water partition coefficient (Wildman–Crippen LogP) is 1.55. The monoisotopic (exact) mass is 172 g/mol. The molecule has 0 saturated heterocycles. The Labute approximate surface area is 73.1 Å². The van der Waals surface area contributed by atoms with E-state index in [0.717, 1.165) is 0 Å². The third kappa shape index (κ3) is 5.89. The van der Waals surface area contributed by atoms with Gasteiger partial charge >= 0.3 is 5.97 Å². The smallest absolute Gasteiger partial charge is 0.305 e. The second kappa shape index (κ2) is 5.75. The Morgan fingerprint density at radius 1 is 1.25 bits per heavy atom. The van der Waals surface area contributed by atoms with Crippen molar-refractivity contribution in [2.45, 2.75) is 33.1 Å². The molecule has 0 atom stereocenters. The number of hydrogen-bond donors (Lipinski definition) is 0. The molecule has 0 N–H and O–H groups in total. The van der Waals surface area contributed by atoms with Crippen LogP contribution in [-0.4, -0.2) is 18.9 Å². The van der Waals surface area contributed by atoms with Gasteiger partial charge in [-0.15, -0.1) is 0 Å². The minimum atomic E-state index is -0.313. The molecule has 12 heavy (non-hydrogen) atoms. The van der Waals surface area contributed by atoms with Crippen LogP contribution in [0.3, 0.4) is 0 Å². The first-order chi connectivity index (χ1) is 5.56. The summed E-state index contributed by atoms with van der Waals surface area (Å²) in [5.41, 5.74) is 0. The Morgan fingerprint density at radius 2 is 1.83 bits per heavy atom. The van der Waals surface area contributed by atoms with Crippen LogP contribution >= 0.6 is 0 Å². The van der Waals surface area contributed by atoms with Crippen LogP contribution in [0.1, 0.15) is 33.1 Å². The van der Waals surface area contributed by atoms with E-state index in [0.29, 0.717) is 18.8 Å². The van der Waals surface area contributed by atoms with Crippen LogP contribution < -0.4 is 0 Å². The third-order valence-electron chi connectivity index (χ3n) is 1.47. The number of methoxy groups -OCH3 is 1. The quantitative estimate of drug-likeness (QED) is 0.591. The van der Waals surface area contributed by atoms with E-state index in [1.54, 1.807) is 0 Å². The van der Waals surface area contributed by atoms with Gasteiger partial charge in [-0.25, -0.2) is 0 Å². The van der Waals surface area contributed by atoms with Crippen molar-refractivity contribution in [1.82, 2.24) is 0 Å². The number of Topliss-reactive ketones (excluding diaryl/α,β-unsaturated/α-hetero) is 1. The molecule has 0 aromatic rings. The first-order valence-corrected chi connectivity index (χ1v) is 4.14. The highest BCUT2D eigenvalue weighted by Gasteiger charge is 2.08. The van der Waals surface area contributed by atoms with E-state index in [2.05, 4.69) is 4.74 Å². The van der Waals surface area contributed by atoms with Gasteiger partial charge in [-0.05, 0) is 5.92 Å². The summed E-state index contributed by atoms with van der Waals surface area (Å²) in [6.07, 6.45) is 1.07. The van der Waals surface area contributed by atoms with Gasteiger partial charge in [0.1, 0.15) is 5.78 Å². The van der Waals surface area contributed by atoms with Crippen molar-refractivity contribution >= 4 is 11.8 Å². The van der Waals surface area contributed by atoms with Crippen molar-refractivity contribution in [3.63, 3.8) is 0 Å². The molecule has 0 unspecified atom stereocenters. The van der Waals surface area contributed by atoms with Crippen molar-refractivity contribution in [2.24, 2.45) is 5.92 Å². The summed E-state index contributed by atoms with van der Waals surface area (Å²) in [5, 5.41) is 0. The van der Waals surface area contributed by atoms with Crippen LogP contribution in [0.2, 0.25) is 0 Å². The number of carbonyl (C=O) groups is 2. The summed E-state index contributed by atoms with van der Waals surface area (Å²) in [6, 6.07) is 0. The Morgan fingerprint density at radius 3 is 2.25 bits per heavy atom. The zero-order chi connectivity index (χ0) is 9.56. The van der Waals surface area contributed by atoms with E-state index >= 15 is 0 Å². The molecule has 0 bridgehead atoms. The Balaban J connectivity index is 3.51. The van der Waals surface area contributed by atoms with Gasteiger partial charge in [0.25, 0.3) is 0 Å². The highest BCUT2D eigenvalue weighted by Crippen LogP contribution is 2.04. The molecule has 0 spiro atoms. The van der Waals surface area contributed by atoms with Gasteiger partial charge < -0.3 is 4.74 Å². The summed E-state index contributed by atoms with van der Waals surface area (Å²) in [5.74, 6) is 0.192. The number of ether oxygens (including phenoxy) is 1. The fourth-order valence-electron chi connectivity index (χ4n) is 0.901. The van der Waals surface area contributed by atoms with Crippen LogP contribution in [0, 0.1) is 5.92 Å². The fraction of sp³-hybridized carbons (Fsp3) is 0.778. The molecule has 0 aliphatic heterocycles. The number of rotatable bonds is 5. The van der Waals surface area contributed by atoms with E-state index < -0.39 is 0 Å². The van der Waals surface area contributed by atoms with E-state index in [-0.39, 0.29) is 18.2 Å². The van der Waals surface area contributed by atoms with Gasteiger partial charge in [-0.1, -0.05) is 13.8 Å². The molecule has 0 rings (SSSR count). The molecule has 70 valence electrons. The number of carbonyl (C=O) groups excluding carboxylic acids is 2. The van der Waals surface area contributed by atoms with E-state index in [9.17, 15) is 9.59 Å². The second-order valence-corrected chi connectivity index (χ2v) is 3.21. The van der Waals surface area contributed by atoms with Crippen molar-refractivity contribution < 1.29 is 14.3 Å². The maximum atomic E-state index is 11.1. The first kappa shape index (κ1) is 11.1. The van der Waals surface area contributed by atoms with Crippen molar-refractivity contribution in [3.05, 3.63) is 0 Å². The predicted molar refractivity (Wildman–Crippen MR) is 45.7 cm³/mol. The van der Waals surface area contributed by atoms with Gasteiger partial charge in [-0.2, -0.15) is 0 Å². The molecule has 0 amide bonds. The lowest BCUT2D eigenvalue weighted by atomic mass is 10.0. The van der Waals surface area contributed by atoms with Crippen molar-refractivity contribution in [1.29, 1.82) is 0 Å². The lowest BCUT2D eigenvalue weighted by Crippen LogP contribution is -2.07. The Hall–Kier alpha value is -0.860. The topological polar surface area (TPSA) is 43.4 Å². The Kier molecular flexibility index (Phi) is 5.34. The molecular weight excluding hydrogens is 156 g/mol. The molecule has 0 aliphatic rings. The summed E-state index contributed by atoms with van der Waals surface area (Å²) in [7, 11) is 1.33. The first-order valence-electron chi connectivity index (χ1n) is 4.14. The fourth-order valence-corrected chi connectivity index (χ4v) is 0.901. The molecule has 0 aromatic heterocycles. The normalized spacial score (nSPS) is 10.0. The lowest BCUT2D eigenvalue weighted by Gasteiger charge is -2.02. The highest BCUT2D eigenvalue weighted by atomic mass is 16.5. The average Bonchev–Trinajstić information content (AvgIpc) is 1.99. The van der Waals surface area contributed by atoms with Crippen molar-refractivity contribution in [2.75, 3.05) is 7.11 Å². The maximum absolute atomic E-state index is 11.1. The lowest BCUT2D eigenvalue weighted by molar-refractivity contribution is -0.142. The van der Waals surface area contributed by atoms with Crippen molar-refractivity contribution in [3.8, 4) is 0 Å². The minimum Gasteiger partial charge on any atom is -0.469 e. The summed E-state index contributed by atoms with van der Waals surface area (Å²) >= 11 is 0. The summed E-state index contributed by atoms with van der Waals surface area (Å²) in [4.78, 5) is 21.7. The molecule has 0 radical (unpaired) electrons. The van der Waals surface area contributed by atoms with Crippen LogP contribution in [0.4, 0.5) is 0 Å². The van der Waals surface area contributed by atoms with Gasteiger partial charge in [0.2, 0.25) is 0 Å². The van der Waals surface area contributed by atoms with E-state index in [4.69, 9.17) is 0 Å². The number of hydrogen-bond acceptors (Lipinski definition) is 3. The van der Waals surface area contributed by atoms with Gasteiger partial charge in [0.15, 0.2) is 0 Å². The molecule has 0 aliphatic carbocycles. The molecule has 3 heteroatoms. The summed E-state index contributed by atoms with van der Waals surface area (Å²) in [6.45, 7) is 3.96. The van der Waals surface area contributed by atoms with Crippen LogP contribution in [0.5, 0.6) is 0 Å². The van der Waals surface area contributed by atoms with Crippen LogP contribution in [-0.2, 0) is 14.3 Å². The van der Waals surface area contributed by atoms with Gasteiger partial charge in [0, 0.05) is 12.8 Å². The maximum Gasteiger partial charge on any atom is 0.305 e. The van der Waals surface area contributed by atoms with Gasteiger partial charge in [0.05, 0.1) is 13.5 Å². The minimum absolute atomic E-state index is 0.135. The molecule has 0 heterocycles. The largest absolute Gasteiger partial charge is 0.469 e. The molecule has 0 aromatic carbocycles. The molecular formula is C9H16O3. The van der Waals surface area contributed by atoms with E-state index in [1.165, 1.54) is 7.11 Å². The third-order valence-corrected chi connectivity index (χ3v) is 1.47.